The molecule has 1 rings (SSSR count). The number of rotatable bonds is 5. The lowest BCUT2D eigenvalue weighted by Crippen LogP contribution is -2.19. The van der Waals surface area contributed by atoms with Crippen LogP contribution < -0.4 is 0 Å². The van der Waals surface area contributed by atoms with Crippen LogP contribution in [0.25, 0.3) is 0 Å². The minimum atomic E-state index is -0.919. The van der Waals surface area contributed by atoms with Gasteiger partial charge in [-0.2, -0.15) is 0 Å². The molecule has 14 heavy (non-hydrogen) atoms. The van der Waals surface area contributed by atoms with Gasteiger partial charge < -0.3 is 9.84 Å². The van der Waals surface area contributed by atoms with E-state index in [4.69, 9.17) is 9.84 Å². The van der Waals surface area contributed by atoms with E-state index in [1.165, 1.54) is 11.8 Å². The number of carboxylic acids is 1. The number of aryl methyl sites for hydroxylation is 1. The van der Waals surface area contributed by atoms with Crippen LogP contribution in [0.3, 0.4) is 0 Å². The van der Waals surface area contributed by atoms with Crippen LogP contribution >= 0.6 is 11.3 Å². The quantitative estimate of drug-likeness (QED) is 0.818. The maximum absolute atomic E-state index is 10.5. The van der Waals surface area contributed by atoms with Gasteiger partial charge in [0.25, 0.3) is 0 Å². The molecule has 0 saturated carbocycles. The van der Waals surface area contributed by atoms with Crippen molar-refractivity contribution in [3.05, 3.63) is 21.9 Å². The summed E-state index contributed by atoms with van der Waals surface area (Å²) in [6.07, 6.45) is 0.279. The summed E-state index contributed by atoms with van der Waals surface area (Å²) in [6, 6.07) is 4.03. The molecule has 4 heteroatoms. The predicted molar refractivity (Wildman–Crippen MR) is 55.6 cm³/mol. The van der Waals surface area contributed by atoms with Gasteiger partial charge in [0.2, 0.25) is 0 Å². The Morgan fingerprint density at radius 1 is 1.57 bits per heavy atom. The number of hydrogen-bond acceptors (Lipinski definition) is 3. The third-order valence-electron chi connectivity index (χ3n) is 1.89. The molecule has 0 aromatic carbocycles. The van der Waals surface area contributed by atoms with Crippen LogP contribution in [0.5, 0.6) is 0 Å². The fourth-order valence-electron chi connectivity index (χ4n) is 0.968. The zero-order valence-electron chi connectivity index (χ0n) is 8.32. The highest BCUT2D eigenvalue weighted by Gasteiger charge is 2.11. The molecular weight excluding hydrogens is 200 g/mol. The van der Waals surface area contributed by atoms with Gasteiger partial charge in [-0.25, -0.2) is 4.79 Å². The molecular formula is C10H14O3S. The van der Waals surface area contributed by atoms with Crippen molar-refractivity contribution in [1.29, 1.82) is 0 Å². The van der Waals surface area contributed by atoms with E-state index in [-0.39, 0.29) is 0 Å². The van der Waals surface area contributed by atoms with E-state index in [0.29, 0.717) is 6.61 Å². The third-order valence-corrected chi connectivity index (χ3v) is 3.09. The molecule has 0 bridgehead atoms. The highest BCUT2D eigenvalue weighted by Crippen LogP contribution is 2.18. The molecule has 0 aliphatic carbocycles. The Bertz CT molecular complexity index is 306. The van der Waals surface area contributed by atoms with E-state index in [1.54, 1.807) is 11.3 Å². The minimum absolute atomic E-state index is 0.387. The van der Waals surface area contributed by atoms with E-state index in [9.17, 15) is 4.79 Å². The van der Waals surface area contributed by atoms with Crippen molar-refractivity contribution < 1.29 is 14.6 Å². The molecule has 0 radical (unpaired) electrons. The van der Waals surface area contributed by atoms with Gasteiger partial charge in [-0.1, -0.05) is 6.92 Å². The predicted octanol–water partition coefficient (Wildman–Crippen LogP) is 2.30. The number of carboxylic acid groups (broad SMARTS) is 1. The number of aliphatic carboxylic acids is 1. The molecule has 1 heterocycles. The number of hydrogen-bond donors (Lipinski definition) is 1. The first-order valence-corrected chi connectivity index (χ1v) is 5.37. The third kappa shape index (κ3) is 3.12. The summed E-state index contributed by atoms with van der Waals surface area (Å²) >= 11 is 1.67. The zero-order chi connectivity index (χ0) is 10.6. The summed E-state index contributed by atoms with van der Waals surface area (Å²) in [5, 5.41) is 8.59. The molecule has 0 spiro atoms. The van der Waals surface area contributed by atoms with Crippen molar-refractivity contribution in [3.63, 3.8) is 0 Å². The fraction of sp³-hybridized carbons (Fsp3) is 0.500. The first-order valence-electron chi connectivity index (χ1n) is 4.55. The van der Waals surface area contributed by atoms with E-state index in [1.807, 2.05) is 6.07 Å². The second-order valence-corrected chi connectivity index (χ2v) is 4.27. The van der Waals surface area contributed by atoms with Crippen LogP contribution in [0.2, 0.25) is 0 Å². The molecule has 0 aliphatic rings. The maximum atomic E-state index is 10.5. The molecule has 0 fully saturated rings. The van der Waals surface area contributed by atoms with Gasteiger partial charge in [-0.3, -0.25) is 0 Å². The lowest BCUT2D eigenvalue weighted by molar-refractivity contribution is -0.149. The summed E-state index contributed by atoms with van der Waals surface area (Å²) in [6.45, 7) is 4.02. The van der Waals surface area contributed by atoms with Gasteiger partial charge in [0.05, 0.1) is 6.61 Å². The van der Waals surface area contributed by atoms with E-state index >= 15 is 0 Å². The van der Waals surface area contributed by atoms with Crippen LogP contribution in [0.1, 0.15) is 23.6 Å². The van der Waals surface area contributed by atoms with Crippen LogP contribution in [-0.2, 0) is 22.6 Å². The Morgan fingerprint density at radius 3 is 2.71 bits per heavy atom. The Morgan fingerprint density at radius 2 is 2.21 bits per heavy atom. The summed E-state index contributed by atoms with van der Waals surface area (Å²) in [7, 11) is 0. The van der Waals surface area contributed by atoms with Crippen molar-refractivity contribution in [2.24, 2.45) is 0 Å². The van der Waals surface area contributed by atoms with E-state index in [2.05, 4.69) is 13.0 Å². The standard InChI is InChI=1S/C10H14O3S/c1-3-8-4-5-9(14-8)6-13-7(2)10(11)12/h4-5,7H,3,6H2,1-2H3,(H,11,12)/t7-/m1/s1. The lowest BCUT2D eigenvalue weighted by atomic mass is 10.4. The highest BCUT2D eigenvalue weighted by atomic mass is 32.1. The Kier molecular flexibility index (Phi) is 4.10. The molecule has 3 nitrogen and oxygen atoms in total. The Labute approximate surface area is 87.3 Å². The lowest BCUT2D eigenvalue weighted by Gasteiger charge is -2.06. The molecule has 0 aliphatic heterocycles. The highest BCUT2D eigenvalue weighted by molar-refractivity contribution is 7.11. The summed E-state index contributed by atoms with van der Waals surface area (Å²) < 4.78 is 5.16. The summed E-state index contributed by atoms with van der Waals surface area (Å²) in [5.41, 5.74) is 0. The van der Waals surface area contributed by atoms with Crippen LogP contribution in [0, 0.1) is 0 Å². The SMILES string of the molecule is CCc1ccc(CO[C@H](C)C(=O)O)s1. The zero-order valence-corrected chi connectivity index (χ0v) is 9.13. The smallest absolute Gasteiger partial charge is 0.332 e. The molecule has 0 saturated heterocycles. The molecule has 1 atom stereocenters. The van der Waals surface area contributed by atoms with Gasteiger partial charge in [-0.15, -0.1) is 11.3 Å². The van der Waals surface area contributed by atoms with Crippen LogP contribution in [0.15, 0.2) is 12.1 Å². The largest absolute Gasteiger partial charge is 0.479 e. The van der Waals surface area contributed by atoms with Crippen molar-refractivity contribution >= 4 is 17.3 Å². The summed E-state index contributed by atoms with van der Waals surface area (Å²) in [4.78, 5) is 12.8. The molecule has 1 aromatic rings. The van der Waals surface area contributed by atoms with Crippen LogP contribution in [-0.4, -0.2) is 17.2 Å². The maximum Gasteiger partial charge on any atom is 0.332 e. The van der Waals surface area contributed by atoms with Crippen molar-refractivity contribution in [3.8, 4) is 0 Å². The first-order chi connectivity index (χ1) is 6.63. The van der Waals surface area contributed by atoms with Crippen molar-refractivity contribution in [2.45, 2.75) is 33.0 Å². The monoisotopic (exact) mass is 214 g/mol. The van der Waals surface area contributed by atoms with E-state index in [0.717, 1.165) is 11.3 Å². The number of ether oxygens (including phenoxy) is 1. The van der Waals surface area contributed by atoms with Gasteiger partial charge in [0.1, 0.15) is 0 Å². The molecule has 1 aromatic heterocycles. The van der Waals surface area contributed by atoms with Crippen LogP contribution in [0.4, 0.5) is 0 Å². The van der Waals surface area contributed by atoms with Crippen molar-refractivity contribution in [1.82, 2.24) is 0 Å². The van der Waals surface area contributed by atoms with Gasteiger partial charge in [0, 0.05) is 9.75 Å². The Balaban J connectivity index is 2.41. The molecule has 78 valence electrons. The molecule has 0 unspecified atom stereocenters. The van der Waals surface area contributed by atoms with E-state index < -0.39 is 12.1 Å². The fourth-order valence-corrected chi connectivity index (χ4v) is 1.85. The average Bonchev–Trinajstić information content (AvgIpc) is 2.61. The minimum Gasteiger partial charge on any atom is -0.479 e. The van der Waals surface area contributed by atoms with Gasteiger partial charge in [0.15, 0.2) is 6.10 Å². The molecule has 0 amide bonds. The average molecular weight is 214 g/mol. The van der Waals surface area contributed by atoms with Gasteiger partial charge >= 0.3 is 5.97 Å². The molecule has 1 N–H and O–H groups in total. The topological polar surface area (TPSA) is 46.5 Å². The Hall–Kier alpha value is -0.870. The van der Waals surface area contributed by atoms with Gasteiger partial charge in [-0.05, 0) is 25.5 Å². The summed E-state index contributed by atoms with van der Waals surface area (Å²) in [5.74, 6) is -0.919. The number of carbonyl (C=O) groups is 1. The second kappa shape index (κ2) is 5.12. The first kappa shape index (κ1) is 11.2. The van der Waals surface area contributed by atoms with Crippen molar-refractivity contribution in [2.75, 3.05) is 0 Å². The number of thiophene rings is 1. The normalized spacial score (nSPS) is 12.7. The second-order valence-electron chi connectivity index (χ2n) is 3.01.